The number of Topliss-reactive ketones (excluding diaryl/α,β-unsaturated/α-hetero) is 1. The summed E-state index contributed by atoms with van der Waals surface area (Å²) < 4.78 is 0. The first kappa shape index (κ1) is 17.3. The van der Waals surface area contributed by atoms with E-state index in [2.05, 4.69) is 0 Å². The zero-order chi connectivity index (χ0) is 18.3. The fraction of sp³-hybridized carbons (Fsp3) is 0.238. The molecule has 0 fully saturated rings. The summed E-state index contributed by atoms with van der Waals surface area (Å²) in [5.74, 6) is -0.0612. The van der Waals surface area contributed by atoms with Gasteiger partial charge in [0.2, 0.25) is 5.91 Å². The fourth-order valence-corrected chi connectivity index (χ4v) is 4.18. The van der Waals surface area contributed by atoms with E-state index >= 15 is 0 Å². The highest BCUT2D eigenvalue weighted by atomic mass is 35.5. The molecule has 0 N–H and O–H groups in total. The third kappa shape index (κ3) is 2.95. The first-order valence-corrected chi connectivity index (χ1v) is 9.41. The number of halogens is 2. The van der Waals surface area contributed by atoms with Gasteiger partial charge in [0.15, 0.2) is 5.78 Å². The number of anilines is 1. The highest BCUT2D eigenvalue weighted by molar-refractivity contribution is 6.42. The number of nitrogens with zero attached hydrogens (tertiary/aromatic N) is 1. The Balaban J connectivity index is 1.86. The number of hydrogen-bond donors (Lipinski definition) is 0. The SMILES string of the molecule is O=C1CCCC2=C1C(c1ccccc1)CC(=O)N2c1ccc(Cl)c(Cl)c1. The Hall–Kier alpha value is -2.10. The van der Waals surface area contributed by atoms with Gasteiger partial charge in [-0.2, -0.15) is 0 Å². The van der Waals surface area contributed by atoms with Crippen molar-refractivity contribution in [2.75, 3.05) is 4.90 Å². The van der Waals surface area contributed by atoms with Crippen molar-refractivity contribution in [3.05, 3.63) is 75.4 Å². The van der Waals surface area contributed by atoms with E-state index in [9.17, 15) is 9.59 Å². The van der Waals surface area contributed by atoms with Gasteiger partial charge in [0.25, 0.3) is 0 Å². The van der Waals surface area contributed by atoms with Crippen molar-refractivity contribution in [3.8, 4) is 0 Å². The van der Waals surface area contributed by atoms with Gasteiger partial charge >= 0.3 is 0 Å². The Bertz CT molecular complexity index is 921. The van der Waals surface area contributed by atoms with Crippen molar-refractivity contribution in [3.63, 3.8) is 0 Å². The zero-order valence-electron chi connectivity index (χ0n) is 14.0. The first-order valence-electron chi connectivity index (χ1n) is 8.65. The molecule has 0 radical (unpaired) electrons. The van der Waals surface area contributed by atoms with Crippen molar-refractivity contribution in [2.24, 2.45) is 0 Å². The van der Waals surface area contributed by atoms with Crippen LogP contribution in [0.25, 0.3) is 0 Å². The topological polar surface area (TPSA) is 37.4 Å². The number of allylic oxidation sites excluding steroid dienone is 2. The Morgan fingerprint density at radius 1 is 0.923 bits per heavy atom. The summed E-state index contributed by atoms with van der Waals surface area (Å²) in [6.45, 7) is 0. The minimum Gasteiger partial charge on any atom is -0.294 e. The maximum Gasteiger partial charge on any atom is 0.232 e. The minimum atomic E-state index is -0.175. The third-order valence-electron chi connectivity index (χ3n) is 5.04. The van der Waals surface area contributed by atoms with E-state index in [1.165, 1.54) is 0 Å². The molecule has 2 aromatic carbocycles. The summed E-state index contributed by atoms with van der Waals surface area (Å²) in [5.41, 5.74) is 3.26. The Morgan fingerprint density at radius 2 is 1.69 bits per heavy atom. The second-order valence-corrected chi connectivity index (χ2v) is 7.45. The molecule has 0 saturated heterocycles. The number of amides is 1. The Labute approximate surface area is 162 Å². The van der Waals surface area contributed by atoms with E-state index in [1.54, 1.807) is 23.1 Å². The van der Waals surface area contributed by atoms with E-state index < -0.39 is 0 Å². The van der Waals surface area contributed by atoms with Gasteiger partial charge in [0.1, 0.15) is 0 Å². The van der Waals surface area contributed by atoms with Crippen LogP contribution in [0.3, 0.4) is 0 Å². The number of benzene rings is 2. The van der Waals surface area contributed by atoms with Crippen molar-refractivity contribution >= 4 is 40.6 Å². The predicted octanol–water partition coefficient (Wildman–Crippen LogP) is 5.52. The lowest BCUT2D eigenvalue weighted by atomic mass is 9.77. The van der Waals surface area contributed by atoms with E-state index in [1.807, 2.05) is 30.3 Å². The molecular formula is C21H17Cl2NO2. The van der Waals surface area contributed by atoms with Crippen molar-refractivity contribution in [1.29, 1.82) is 0 Å². The predicted molar refractivity (Wildman–Crippen MR) is 104 cm³/mol. The molecular weight excluding hydrogens is 369 g/mol. The summed E-state index contributed by atoms with van der Waals surface area (Å²) in [7, 11) is 0. The molecule has 0 saturated carbocycles. The maximum absolute atomic E-state index is 13.0. The molecule has 0 bridgehead atoms. The molecule has 0 spiro atoms. The van der Waals surface area contributed by atoms with Gasteiger partial charge in [-0.3, -0.25) is 14.5 Å². The average molecular weight is 386 g/mol. The highest BCUT2D eigenvalue weighted by Gasteiger charge is 2.39. The summed E-state index contributed by atoms with van der Waals surface area (Å²) >= 11 is 12.2. The van der Waals surface area contributed by atoms with Crippen LogP contribution in [-0.4, -0.2) is 11.7 Å². The smallest absolute Gasteiger partial charge is 0.232 e. The molecule has 1 aliphatic heterocycles. The van der Waals surface area contributed by atoms with Crippen LogP contribution in [-0.2, 0) is 9.59 Å². The lowest BCUT2D eigenvalue weighted by molar-refractivity contribution is -0.119. The second-order valence-electron chi connectivity index (χ2n) is 6.63. The number of carbonyl (C=O) groups is 2. The van der Waals surface area contributed by atoms with Crippen molar-refractivity contribution < 1.29 is 9.59 Å². The van der Waals surface area contributed by atoms with Crippen LogP contribution in [0.4, 0.5) is 5.69 Å². The quantitative estimate of drug-likeness (QED) is 0.682. The van der Waals surface area contributed by atoms with Gasteiger partial charge in [-0.1, -0.05) is 53.5 Å². The van der Waals surface area contributed by atoms with E-state index in [0.29, 0.717) is 28.6 Å². The molecule has 1 heterocycles. The summed E-state index contributed by atoms with van der Waals surface area (Å²) in [6, 6.07) is 14.9. The van der Waals surface area contributed by atoms with Crippen LogP contribution >= 0.6 is 23.2 Å². The molecule has 1 unspecified atom stereocenters. The van der Waals surface area contributed by atoms with Gasteiger partial charge < -0.3 is 0 Å². The van der Waals surface area contributed by atoms with Crippen LogP contribution in [0.15, 0.2) is 59.8 Å². The molecule has 0 aromatic heterocycles. The van der Waals surface area contributed by atoms with Gasteiger partial charge in [-0.05, 0) is 36.6 Å². The standard InChI is InChI=1S/C21H17Cl2NO2/c22-16-10-9-14(11-17(16)23)24-18-7-4-8-19(25)21(18)15(12-20(24)26)13-5-2-1-3-6-13/h1-3,5-6,9-11,15H,4,7-8,12H2. The van der Waals surface area contributed by atoms with Gasteiger partial charge in [0, 0.05) is 30.0 Å². The van der Waals surface area contributed by atoms with Crippen LogP contribution in [0, 0.1) is 0 Å². The Kier molecular flexibility index (Phi) is 4.60. The van der Waals surface area contributed by atoms with E-state index in [-0.39, 0.29) is 24.0 Å². The first-order chi connectivity index (χ1) is 12.6. The number of ketones is 1. The van der Waals surface area contributed by atoms with Crippen molar-refractivity contribution in [2.45, 2.75) is 31.6 Å². The monoisotopic (exact) mass is 385 g/mol. The van der Waals surface area contributed by atoms with E-state index in [4.69, 9.17) is 23.2 Å². The molecule has 132 valence electrons. The molecule has 2 aliphatic rings. The summed E-state index contributed by atoms with van der Waals surface area (Å²) in [4.78, 5) is 27.5. The Morgan fingerprint density at radius 3 is 2.42 bits per heavy atom. The zero-order valence-corrected chi connectivity index (χ0v) is 15.6. The fourth-order valence-electron chi connectivity index (χ4n) is 3.89. The molecule has 1 amide bonds. The summed E-state index contributed by atoms with van der Waals surface area (Å²) in [6.07, 6.45) is 2.26. The lowest BCUT2D eigenvalue weighted by Gasteiger charge is -2.38. The second kappa shape index (κ2) is 6.90. The minimum absolute atomic E-state index is 0.0225. The molecule has 5 heteroatoms. The normalized spacial score (nSPS) is 20.4. The molecule has 1 aliphatic carbocycles. The third-order valence-corrected chi connectivity index (χ3v) is 5.78. The van der Waals surface area contributed by atoms with Crippen LogP contribution in [0.5, 0.6) is 0 Å². The molecule has 2 aromatic rings. The average Bonchev–Trinajstić information content (AvgIpc) is 2.64. The van der Waals surface area contributed by atoms with Crippen molar-refractivity contribution in [1.82, 2.24) is 0 Å². The van der Waals surface area contributed by atoms with Gasteiger partial charge in [-0.15, -0.1) is 0 Å². The molecule has 26 heavy (non-hydrogen) atoms. The van der Waals surface area contributed by atoms with Crippen LogP contribution in [0.2, 0.25) is 10.0 Å². The van der Waals surface area contributed by atoms with Crippen LogP contribution in [0.1, 0.15) is 37.2 Å². The number of carbonyl (C=O) groups excluding carboxylic acids is 2. The number of rotatable bonds is 2. The van der Waals surface area contributed by atoms with E-state index in [0.717, 1.165) is 23.3 Å². The number of hydrogen-bond acceptors (Lipinski definition) is 2. The largest absolute Gasteiger partial charge is 0.294 e. The lowest BCUT2D eigenvalue weighted by Crippen LogP contribution is -2.40. The summed E-state index contributed by atoms with van der Waals surface area (Å²) in [5, 5.41) is 0.836. The molecule has 3 nitrogen and oxygen atoms in total. The maximum atomic E-state index is 13.0. The molecule has 1 atom stereocenters. The van der Waals surface area contributed by atoms with Gasteiger partial charge in [-0.25, -0.2) is 0 Å². The highest BCUT2D eigenvalue weighted by Crippen LogP contribution is 2.43. The van der Waals surface area contributed by atoms with Crippen LogP contribution < -0.4 is 4.90 Å². The molecule has 4 rings (SSSR count). The van der Waals surface area contributed by atoms with Gasteiger partial charge in [0.05, 0.1) is 15.7 Å².